The molecule has 3 aromatic rings. The smallest absolute Gasteiger partial charge is 0.277 e. The van der Waals surface area contributed by atoms with Gasteiger partial charge in [0.05, 0.1) is 5.75 Å². The predicted molar refractivity (Wildman–Crippen MR) is 107 cm³/mol. The first-order chi connectivity index (χ1) is 13.2. The Morgan fingerprint density at radius 3 is 2.52 bits per heavy atom. The molecule has 140 valence electrons. The third-order valence-electron chi connectivity index (χ3n) is 4.09. The van der Waals surface area contributed by atoms with Crippen molar-refractivity contribution in [1.29, 1.82) is 0 Å². The summed E-state index contributed by atoms with van der Waals surface area (Å²) in [5.41, 5.74) is 3.22. The van der Waals surface area contributed by atoms with Crippen LogP contribution in [0.15, 0.2) is 64.2 Å². The lowest BCUT2D eigenvalue weighted by atomic mass is 10.1. The number of hydrogen-bond donors (Lipinski definition) is 0. The molecule has 0 saturated carbocycles. The monoisotopic (exact) mass is 381 g/mol. The molecule has 1 aromatic heterocycles. The van der Waals surface area contributed by atoms with Gasteiger partial charge in [-0.3, -0.25) is 4.79 Å². The zero-order valence-electron chi connectivity index (χ0n) is 15.6. The van der Waals surface area contributed by atoms with Gasteiger partial charge >= 0.3 is 0 Å². The van der Waals surface area contributed by atoms with Gasteiger partial charge in [0.15, 0.2) is 0 Å². The molecule has 0 unspecified atom stereocenters. The summed E-state index contributed by atoms with van der Waals surface area (Å²) in [4.78, 5) is 14.6. The van der Waals surface area contributed by atoms with E-state index in [4.69, 9.17) is 4.42 Å². The maximum absolute atomic E-state index is 12.7. The van der Waals surface area contributed by atoms with Crippen LogP contribution in [-0.2, 0) is 11.3 Å². The Kier molecular flexibility index (Phi) is 6.65. The summed E-state index contributed by atoms with van der Waals surface area (Å²) in [5.74, 6) is 0.819. The summed E-state index contributed by atoms with van der Waals surface area (Å²) < 4.78 is 5.66. The normalized spacial score (nSPS) is 10.7. The van der Waals surface area contributed by atoms with Crippen LogP contribution in [0.2, 0.25) is 0 Å². The first kappa shape index (κ1) is 19.2. The van der Waals surface area contributed by atoms with Crippen molar-refractivity contribution in [3.63, 3.8) is 0 Å². The van der Waals surface area contributed by atoms with Crippen molar-refractivity contribution in [1.82, 2.24) is 15.1 Å². The van der Waals surface area contributed by atoms with E-state index in [1.54, 1.807) is 0 Å². The number of carbonyl (C=O) groups excluding carboxylic acids is 1. The molecule has 1 heterocycles. The first-order valence-electron chi connectivity index (χ1n) is 9.00. The Balaban J connectivity index is 1.59. The van der Waals surface area contributed by atoms with E-state index >= 15 is 0 Å². The molecule has 0 aliphatic rings. The van der Waals surface area contributed by atoms with Crippen LogP contribution in [0.1, 0.15) is 24.5 Å². The van der Waals surface area contributed by atoms with Gasteiger partial charge in [-0.2, -0.15) is 0 Å². The van der Waals surface area contributed by atoms with Gasteiger partial charge in [0.1, 0.15) is 0 Å². The number of hydrogen-bond acceptors (Lipinski definition) is 5. The summed E-state index contributed by atoms with van der Waals surface area (Å²) in [6.07, 6.45) is 0.918. The lowest BCUT2D eigenvalue weighted by Gasteiger charge is -2.22. The van der Waals surface area contributed by atoms with E-state index in [9.17, 15) is 4.79 Å². The molecule has 0 atom stereocenters. The molecule has 0 fully saturated rings. The molecule has 1 amide bonds. The fourth-order valence-electron chi connectivity index (χ4n) is 2.66. The molecule has 2 aromatic carbocycles. The zero-order chi connectivity index (χ0) is 19.1. The Hall–Kier alpha value is -2.60. The van der Waals surface area contributed by atoms with Crippen molar-refractivity contribution in [3.05, 3.63) is 65.7 Å². The van der Waals surface area contributed by atoms with Crippen molar-refractivity contribution >= 4 is 17.7 Å². The highest BCUT2D eigenvalue weighted by Crippen LogP contribution is 2.23. The van der Waals surface area contributed by atoms with Crippen molar-refractivity contribution < 1.29 is 9.21 Å². The van der Waals surface area contributed by atoms with Crippen LogP contribution >= 0.6 is 11.8 Å². The second-order valence-electron chi connectivity index (χ2n) is 6.33. The summed E-state index contributed by atoms with van der Waals surface area (Å²) >= 11 is 1.28. The summed E-state index contributed by atoms with van der Waals surface area (Å²) in [6.45, 7) is 5.48. The molecule has 0 saturated heterocycles. The van der Waals surface area contributed by atoms with Gasteiger partial charge in [-0.15, -0.1) is 10.2 Å². The Labute approximate surface area is 163 Å². The van der Waals surface area contributed by atoms with Gasteiger partial charge in [0.2, 0.25) is 11.8 Å². The Bertz CT molecular complexity index is 863. The predicted octanol–water partition coefficient (Wildman–Crippen LogP) is 4.58. The minimum absolute atomic E-state index is 0.0712. The lowest BCUT2D eigenvalue weighted by Crippen LogP contribution is -2.32. The Morgan fingerprint density at radius 1 is 1.07 bits per heavy atom. The van der Waals surface area contributed by atoms with Crippen molar-refractivity contribution in [3.8, 4) is 11.5 Å². The van der Waals surface area contributed by atoms with E-state index in [1.165, 1.54) is 17.3 Å². The van der Waals surface area contributed by atoms with Crippen LogP contribution in [0, 0.1) is 6.92 Å². The number of nitrogens with zero attached hydrogens (tertiary/aromatic N) is 3. The number of thioether (sulfide) groups is 1. The molecular formula is C21H23N3O2S. The molecule has 0 aliphatic carbocycles. The highest BCUT2D eigenvalue weighted by atomic mass is 32.2. The van der Waals surface area contributed by atoms with E-state index < -0.39 is 0 Å². The van der Waals surface area contributed by atoms with Crippen LogP contribution in [0.5, 0.6) is 0 Å². The van der Waals surface area contributed by atoms with Crippen molar-refractivity contribution in [2.24, 2.45) is 0 Å². The first-order valence-corrected chi connectivity index (χ1v) is 9.99. The van der Waals surface area contributed by atoms with Crippen LogP contribution in [-0.4, -0.2) is 33.3 Å². The molecule has 0 aliphatic heterocycles. The fourth-order valence-corrected chi connectivity index (χ4v) is 3.32. The van der Waals surface area contributed by atoms with Gasteiger partial charge in [0, 0.05) is 18.7 Å². The van der Waals surface area contributed by atoms with Gasteiger partial charge in [-0.25, -0.2) is 0 Å². The number of aromatic nitrogens is 2. The zero-order valence-corrected chi connectivity index (χ0v) is 16.4. The van der Waals surface area contributed by atoms with Crippen molar-refractivity contribution in [2.75, 3.05) is 12.3 Å². The maximum atomic E-state index is 12.7. The molecule has 3 rings (SSSR count). The number of rotatable bonds is 8. The van der Waals surface area contributed by atoms with E-state index in [1.807, 2.05) is 35.2 Å². The van der Waals surface area contributed by atoms with Crippen LogP contribution < -0.4 is 0 Å². The largest absolute Gasteiger partial charge is 0.411 e. The second kappa shape index (κ2) is 9.37. The van der Waals surface area contributed by atoms with Crippen molar-refractivity contribution in [2.45, 2.75) is 32.0 Å². The average molecular weight is 382 g/mol. The molecule has 0 N–H and O–H groups in total. The number of aryl methyl sites for hydroxylation is 1. The minimum atomic E-state index is 0.0712. The summed E-state index contributed by atoms with van der Waals surface area (Å²) in [6, 6.07) is 17.9. The van der Waals surface area contributed by atoms with Crippen LogP contribution in [0.4, 0.5) is 0 Å². The van der Waals surface area contributed by atoms with E-state index in [-0.39, 0.29) is 11.7 Å². The lowest BCUT2D eigenvalue weighted by molar-refractivity contribution is -0.129. The second-order valence-corrected chi connectivity index (χ2v) is 7.26. The quantitative estimate of drug-likeness (QED) is 0.535. The highest BCUT2D eigenvalue weighted by Gasteiger charge is 2.16. The SMILES string of the molecule is CCCN(Cc1ccc(C)cc1)C(=O)CSc1nnc(-c2ccccc2)o1. The van der Waals surface area contributed by atoms with Crippen LogP contribution in [0.25, 0.3) is 11.5 Å². The number of benzene rings is 2. The molecule has 6 heteroatoms. The highest BCUT2D eigenvalue weighted by molar-refractivity contribution is 7.99. The third-order valence-corrected chi connectivity index (χ3v) is 4.89. The molecule has 5 nitrogen and oxygen atoms in total. The van der Waals surface area contributed by atoms with E-state index in [2.05, 4.69) is 48.3 Å². The third kappa shape index (κ3) is 5.44. The molecule has 0 bridgehead atoms. The molecule has 27 heavy (non-hydrogen) atoms. The molecular weight excluding hydrogens is 358 g/mol. The summed E-state index contributed by atoms with van der Waals surface area (Å²) in [5, 5.41) is 8.51. The van der Waals surface area contributed by atoms with Gasteiger partial charge in [0.25, 0.3) is 5.22 Å². The maximum Gasteiger partial charge on any atom is 0.277 e. The molecule has 0 radical (unpaired) electrons. The van der Waals surface area contributed by atoms with Crippen LogP contribution in [0.3, 0.4) is 0 Å². The number of amides is 1. The van der Waals surface area contributed by atoms with Gasteiger partial charge < -0.3 is 9.32 Å². The number of carbonyl (C=O) groups is 1. The van der Waals surface area contributed by atoms with E-state index in [0.717, 1.165) is 24.1 Å². The standard InChI is InChI=1S/C21H23N3O2S/c1-3-13-24(14-17-11-9-16(2)10-12-17)19(25)15-27-21-23-22-20(26-21)18-7-5-4-6-8-18/h4-12H,3,13-15H2,1-2H3. The average Bonchev–Trinajstić information content (AvgIpc) is 3.17. The van der Waals surface area contributed by atoms with Gasteiger partial charge in [-0.1, -0.05) is 66.7 Å². The van der Waals surface area contributed by atoms with E-state index in [0.29, 0.717) is 17.7 Å². The van der Waals surface area contributed by atoms with Gasteiger partial charge in [-0.05, 0) is 31.0 Å². The Morgan fingerprint density at radius 2 is 1.81 bits per heavy atom. The fraction of sp³-hybridized carbons (Fsp3) is 0.286. The topological polar surface area (TPSA) is 59.2 Å². The minimum Gasteiger partial charge on any atom is -0.411 e. The summed E-state index contributed by atoms with van der Waals surface area (Å²) in [7, 11) is 0. The molecule has 0 spiro atoms.